The highest BCUT2D eigenvalue weighted by Gasteiger charge is 1.93. The van der Waals surface area contributed by atoms with Gasteiger partial charge in [-0.1, -0.05) is 59.7 Å². The first kappa shape index (κ1) is 30.1. The van der Waals surface area contributed by atoms with E-state index in [-0.39, 0.29) is 0 Å². The van der Waals surface area contributed by atoms with E-state index >= 15 is 0 Å². The summed E-state index contributed by atoms with van der Waals surface area (Å²) in [6.07, 6.45) is 8.68. The molecule has 0 radical (unpaired) electrons. The third kappa shape index (κ3) is 14.5. The number of para-hydroxylation sites is 1. The summed E-state index contributed by atoms with van der Waals surface area (Å²) < 4.78 is 0. The number of nitrogens with zero attached hydrogens (tertiary/aromatic N) is 4. The highest BCUT2D eigenvalue weighted by atomic mass is 14.8. The number of aromatic nitrogens is 4. The van der Waals surface area contributed by atoms with Crippen LogP contribution >= 0.6 is 0 Å². The molecule has 168 valence electrons. The predicted octanol–water partition coefficient (Wildman–Crippen LogP) is 7.80. The Hall–Kier alpha value is -3.14. The largest absolute Gasteiger partial charge is 0.265 e. The minimum Gasteiger partial charge on any atom is -0.265 e. The fourth-order valence-electron chi connectivity index (χ4n) is 2.02. The van der Waals surface area contributed by atoms with E-state index in [2.05, 4.69) is 32.9 Å². The van der Waals surface area contributed by atoms with Gasteiger partial charge in [0.1, 0.15) is 6.33 Å². The Labute approximate surface area is 189 Å². The third-order valence-electron chi connectivity index (χ3n) is 3.44. The standard InChI is InChI=1S/C10H9N.C6H7N.C5H6N2.3C2H6/c1-8-6-7-11-10-5-3-2-4-9(8)10;1-6-2-4-7-5-3-6;1-5-2-3-6-4-7-5;3*1-2/h2-7H,1H3;2-5H,1H3;2-4H,1H3;3*1-2H3. The Kier molecular flexibility index (Phi) is 20.9. The second-order valence-corrected chi connectivity index (χ2v) is 5.52. The maximum absolute atomic E-state index is 4.24. The Morgan fingerprint density at radius 3 is 1.55 bits per heavy atom. The van der Waals surface area contributed by atoms with E-state index in [0.29, 0.717) is 0 Å². The number of fused-ring (bicyclic) bond motifs is 1. The zero-order valence-electron chi connectivity index (χ0n) is 20.8. The van der Waals surface area contributed by atoms with Gasteiger partial charge in [-0.05, 0) is 62.2 Å². The van der Waals surface area contributed by atoms with Gasteiger partial charge in [-0.15, -0.1) is 0 Å². The van der Waals surface area contributed by atoms with Gasteiger partial charge in [-0.3, -0.25) is 9.97 Å². The van der Waals surface area contributed by atoms with Crippen LogP contribution in [-0.2, 0) is 0 Å². The molecule has 0 saturated carbocycles. The van der Waals surface area contributed by atoms with Crippen molar-refractivity contribution in [2.24, 2.45) is 0 Å². The fraction of sp³-hybridized carbons (Fsp3) is 0.333. The molecule has 0 spiro atoms. The van der Waals surface area contributed by atoms with Crippen molar-refractivity contribution in [2.75, 3.05) is 0 Å². The summed E-state index contributed by atoms with van der Waals surface area (Å²) in [5.74, 6) is 0. The molecule has 0 unspecified atom stereocenters. The van der Waals surface area contributed by atoms with E-state index in [1.807, 2.05) is 104 Å². The summed E-state index contributed by atoms with van der Waals surface area (Å²) in [6, 6.07) is 16.0. The van der Waals surface area contributed by atoms with Crippen LogP contribution in [0.2, 0.25) is 0 Å². The van der Waals surface area contributed by atoms with Gasteiger partial charge < -0.3 is 0 Å². The van der Waals surface area contributed by atoms with Crippen LogP contribution in [0.1, 0.15) is 58.4 Å². The van der Waals surface area contributed by atoms with Crippen molar-refractivity contribution in [3.8, 4) is 0 Å². The molecular formula is C27H40N4. The molecule has 0 N–H and O–H groups in total. The molecule has 3 aromatic heterocycles. The van der Waals surface area contributed by atoms with Crippen LogP contribution in [-0.4, -0.2) is 19.9 Å². The first-order valence-electron chi connectivity index (χ1n) is 11.1. The van der Waals surface area contributed by atoms with E-state index in [4.69, 9.17) is 0 Å². The van der Waals surface area contributed by atoms with Gasteiger partial charge in [0.15, 0.2) is 0 Å². The Balaban J connectivity index is 0. The predicted molar refractivity (Wildman–Crippen MR) is 136 cm³/mol. The molecule has 0 atom stereocenters. The van der Waals surface area contributed by atoms with Gasteiger partial charge in [0.05, 0.1) is 5.52 Å². The normalized spacial score (nSPS) is 8.16. The van der Waals surface area contributed by atoms with Crippen LogP contribution in [0.15, 0.2) is 79.6 Å². The van der Waals surface area contributed by atoms with Crippen LogP contribution in [0.5, 0.6) is 0 Å². The molecule has 4 rings (SSSR count). The Morgan fingerprint density at radius 2 is 1.13 bits per heavy atom. The Bertz CT molecular complexity index is 836. The van der Waals surface area contributed by atoms with E-state index in [0.717, 1.165) is 11.2 Å². The summed E-state index contributed by atoms with van der Waals surface area (Å²) in [5, 5.41) is 1.25. The van der Waals surface area contributed by atoms with Gasteiger partial charge in [0.2, 0.25) is 0 Å². The molecule has 0 saturated heterocycles. The second-order valence-electron chi connectivity index (χ2n) is 5.52. The second kappa shape index (κ2) is 21.6. The maximum Gasteiger partial charge on any atom is 0.115 e. The Morgan fingerprint density at radius 1 is 0.548 bits per heavy atom. The lowest BCUT2D eigenvalue weighted by Gasteiger charge is -1.97. The molecule has 4 heteroatoms. The average molecular weight is 421 g/mol. The van der Waals surface area contributed by atoms with E-state index < -0.39 is 0 Å². The maximum atomic E-state index is 4.24. The quantitative estimate of drug-likeness (QED) is 0.291. The topological polar surface area (TPSA) is 51.6 Å². The third-order valence-corrected chi connectivity index (χ3v) is 3.44. The van der Waals surface area contributed by atoms with Crippen molar-refractivity contribution in [3.05, 3.63) is 96.5 Å². The van der Waals surface area contributed by atoms with Gasteiger partial charge in [-0.2, -0.15) is 0 Å². The van der Waals surface area contributed by atoms with Crippen LogP contribution < -0.4 is 0 Å². The highest BCUT2D eigenvalue weighted by Crippen LogP contribution is 2.13. The number of pyridine rings is 2. The number of benzene rings is 1. The summed E-state index contributed by atoms with van der Waals surface area (Å²) in [5.41, 5.74) is 4.63. The average Bonchev–Trinajstić information content (AvgIpc) is 2.85. The molecule has 4 nitrogen and oxygen atoms in total. The summed E-state index contributed by atoms with van der Waals surface area (Å²) in [7, 11) is 0. The molecule has 4 aromatic rings. The number of hydrogen-bond donors (Lipinski definition) is 0. The van der Waals surface area contributed by atoms with Crippen molar-refractivity contribution < 1.29 is 0 Å². The van der Waals surface area contributed by atoms with Gasteiger partial charge in [-0.25, -0.2) is 9.97 Å². The molecule has 31 heavy (non-hydrogen) atoms. The van der Waals surface area contributed by atoms with Crippen LogP contribution in [0.3, 0.4) is 0 Å². The minimum absolute atomic E-state index is 1.01. The van der Waals surface area contributed by atoms with Crippen molar-refractivity contribution in [1.82, 2.24) is 19.9 Å². The lowest BCUT2D eigenvalue weighted by atomic mass is 10.1. The molecular weight excluding hydrogens is 380 g/mol. The van der Waals surface area contributed by atoms with E-state index in [1.165, 1.54) is 22.8 Å². The lowest BCUT2D eigenvalue weighted by Crippen LogP contribution is -1.79. The van der Waals surface area contributed by atoms with Crippen molar-refractivity contribution in [1.29, 1.82) is 0 Å². The number of aryl methyl sites for hydroxylation is 3. The molecule has 0 aliphatic rings. The number of hydrogen-bond acceptors (Lipinski definition) is 4. The zero-order valence-corrected chi connectivity index (χ0v) is 20.8. The molecule has 0 fully saturated rings. The van der Waals surface area contributed by atoms with Gasteiger partial charge >= 0.3 is 0 Å². The van der Waals surface area contributed by atoms with Crippen molar-refractivity contribution in [3.63, 3.8) is 0 Å². The lowest BCUT2D eigenvalue weighted by molar-refractivity contribution is 1.10. The molecule has 0 aliphatic heterocycles. The smallest absolute Gasteiger partial charge is 0.115 e. The summed E-state index contributed by atoms with van der Waals surface area (Å²) >= 11 is 0. The van der Waals surface area contributed by atoms with E-state index in [9.17, 15) is 0 Å². The first-order chi connectivity index (χ1) is 15.2. The first-order valence-corrected chi connectivity index (χ1v) is 11.1. The molecule has 0 amide bonds. The molecule has 1 aromatic carbocycles. The van der Waals surface area contributed by atoms with Crippen LogP contribution in [0.25, 0.3) is 10.9 Å². The van der Waals surface area contributed by atoms with Crippen LogP contribution in [0.4, 0.5) is 0 Å². The van der Waals surface area contributed by atoms with Crippen molar-refractivity contribution >= 4 is 10.9 Å². The molecule has 0 bridgehead atoms. The number of rotatable bonds is 0. The van der Waals surface area contributed by atoms with Crippen LogP contribution in [0, 0.1) is 20.8 Å². The van der Waals surface area contributed by atoms with Crippen molar-refractivity contribution in [2.45, 2.75) is 62.3 Å². The molecule has 0 aliphatic carbocycles. The highest BCUT2D eigenvalue weighted by molar-refractivity contribution is 5.81. The van der Waals surface area contributed by atoms with E-state index in [1.54, 1.807) is 18.6 Å². The fourth-order valence-corrected chi connectivity index (χ4v) is 2.02. The SMILES string of the molecule is CC.CC.CC.Cc1ccnc2ccccc12.Cc1ccncc1.Cc1ccncn1. The van der Waals surface area contributed by atoms with Gasteiger partial charge in [0.25, 0.3) is 0 Å². The monoisotopic (exact) mass is 420 g/mol. The summed E-state index contributed by atoms with van der Waals surface area (Å²) in [6.45, 7) is 18.1. The zero-order chi connectivity index (χ0) is 23.9. The van der Waals surface area contributed by atoms with Gasteiger partial charge in [0, 0.05) is 35.9 Å². The minimum atomic E-state index is 1.01. The molecule has 3 heterocycles. The summed E-state index contributed by atoms with van der Waals surface area (Å²) in [4.78, 5) is 15.7.